The highest BCUT2D eigenvalue weighted by Gasteiger charge is 2.42. The fourth-order valence-corrected chi connectivity index (χ4v) is 4.53. The Balaban J connectivity index is 1.57. The summed E-state index contributed by atoms with van der Waals surface area (Å²) in [5.74, 6) is -1.28. The lowest BCUT2D eigenvalue weighted by atomic mass is 9.94. The zero-order chi connectivity index (χ0) is 23.9. The molecule has 34 heavy (non-hydrogen) atoms. The molecule has 0 aliphatic carbocycles. The summed E-state index contributed by atoms with van der Waals surface area (Å²) in [6, 6.07) is 16.9. The number of aliphatic hydroxyl groups is 1. The molecule has 1 fully saturated rings. The molecule has 178 valence electrons. The Labute approximate surface area is 201 Å². The topological polar surface area (TPSA) is 70.1 Å². The van der Waals surface area contributed by atoms with Gasteiger partial charge in [-0.1, -0.05) is 67.6 Å². The molecule has 2 aromatic rings. The maximum atomic E-state index is 13.2. The van der Waals surface area contributed by atoms with Gasteiger partial charge in [0.05, 0.1) is 24.8 Å². The summed E-state index contributed by atoms with van der Waals surface area (Å²) in [6.07, 6.45) is 4.81. The molecule has 1 amide bonds. The van der Waals surface area contributed by atoms with E-state index in [9.17, 15) is 14.7 Å². The second kappa shape index (κ2) is 11.3. The third-order valence-electron chi connectivity index (χ3n) is 6.48. The first-order valence-corrected chi connectivity index (χ1v) is 12.0. The van der Waals surface area contributed by atoms with E-state index in [0.29, 0.717) is 6.54 Å². The lowest BCUT2D eigenvalue weighted by Gasteiger charge is -2.30. The molecule has 1 atom stereocenters. The highest BCUT2D eigenvalue weighted by Crippen LogP contribution is 2.38. The Morgan fingerprint density at radius 2 is 1.76 bits per heavy atom. The summed E-state index contributed by atoms with van der Waals surface area (Å²) in [7, 11) is 0. The van der Waals surface area contributed by atoms with Crippen molar-refractivity contribution in [1.82, 2.24) is 9.80 Å². The minimum atomic E-state index is -0.601. The highest BCUT2D eigenvalue weighted by atomic mass is 16.5. The molecular formula is C28H32N2O4. The van der Waals surface area contributed by atoms with Gasteiger partial charge >= 0.3 is 0 Å². The minimum Gasteiger partial charge on any atom is -0.503 e. The van der Waals surface area contributed by atoms with Crippen LogP contribution in [0.25, 0.3) is 6.08 Å². The summed E-state index contributed by atoms with van der Waals surface area (Å²) in [5, 5.41) is 10.8. The highest BCUT2D eigenvalue weighted by molar-refractivity contribution is 6.14. The number of nitrogens with zero attached hydrogens (tertiary/aromatic N) is 2. The first-order chi connectivity index (χ1) is 16.6. The molecule has 4 rings (SSSR count). The number of hydrogen-bond acceptors (Lipinski definition) is 5. The predicted molar refractivity (Wildman–Crippen MR) is 132 cm³/mol. The number of morpholine rings is 1. The summed E-state index contributed by atoms with van der Waals surface area (Å²) in [5.41, 5.74) is 3.04. The molecule has 2 aliphatic rings. The van der Waals surface area contributed by atoms with Gasteiger partial charge in [-0.3, -0.25) is 14.5 Å². The molecule has 0 radical (unpaired) electrons. The quantitative estimate of drug-likeness (QED) is 0.574. The number of allylic oxidation sites excluding steroid dienone is 1. The summed E-state index contributed by atoms with van der Waals surface area (Å²) < 4.78 is 5.41. The maximum absolute atomic E-state index is 13.2. The van der Waals surface area contributed by atoms with Crippen molar-refractivity contribution < 1.29 is 19.4 Å². The second-order valence-corrected chi connectivity index (χ2v) is 8.67. The smallest absolute Gasteiger partial charge is 0.290 e. The zero-order valence-corrected chi connectivity index (χ0v) is 19.7. The zero-order valence-electron chi connectivity index (χ0n) is 19.7. The first kappa shape index (κ1) is 23.9. The SMILES string of the molecule is CCc1ccc([C@@H]2C(C(=O)/C=C/c3ccccc3)=C(O)C(=O)N2CCCN2CCOCC2)cc1. The van der Waals surface area contributed by atoms with E-state index in [1.165, 1.54) is 11.6 Å². The Morgan fingerprint density at radius 3 is 2.44 bits per heavy atom. The van der Waals surface area contributed by atoms with Gasteiger partial charge in [0, 0.05) is 26.2 Å². The largest absolute Gasteiger partial charge is 0.503 e. The van der Waals surface area contributed by atoms with Crippen LogP contribution in [-0.2, 0) is 20.7 Å². The maximum Gasteiger partial charge on any atom is 0.290 e. The van der Waals surface area contributed by atoms with Gasteiger partial charge in [0.2, 0.25) is 0 Å². The Hall–Kier alpha value is -3.22. The Morgan fingerprint density at radius 1 is 1.06 bits per heavy atom. The summed E-state index contributed by atoms with van der Waals surface area (Å²) in [4.78, 5) is 30.3. The van der Waals surface area contributed by atoms with Crippen LogP contribution in [0.4, 0.5) is 0 Å². The Bertz CT molecular complexity index is 1050. The van der Waals surface area contributed by atoms with Crippen LogP contribution in [0.1, 0.15) is 36.1 Å². The molecule has 6 heteroatoms. The van der Waals surface area contributed by atoms with Crippen LogP contribution < -0.4 is 0 Å². The van der Waals surface area contributed by atoms with Crippen molar-refractivity contribution in [3.8, 4) is 0 Å². The second-order valence-electron chi connectivity index (χ2n) is 8.67. The predicted octanol–water partition coefficient (Wildman–Crippen LogP) is 3.95. The minimum absolute atomic E-state index is 0.146. The van der Waals surface area contributed by atoms with Crippen molar-refractivity contribution in [1.29, 1.82) is 0 Å². The third kappa shape index (κ3) is 5.46. The number of amides is 1. The van der Waals surface area contributed by atoms with Crippen LogP contribution in [0, 0.1) is 0 Å². The van der Waals surface area contributed by atoms with Gasteiger partial charge in [-0.05, 0) is 35.6 Å². The molecule has 0 spiro atoms. The van der Waals surface area contributed by atoms with Gasteiger partial charge in [0.1, 0.15) is 0 Å². The van der Waals surface area contributed by atoms with Crippen molar-refractivity contribution >= 4 is 17.8 Å². The average molecular weight is 461 g/mol. The summed E-state index contributed by atoms with van der Waals surface area (Å²) in [6.45, 7) is 6.60. The number of aryl methyl sites for hydroxylation is 1. The number of carbonyl (C=O) groups excluding carboxylic acids is 2. The molecule has 0 aromatic heterocycles. The fourth-order valence-electron chi connectivity index (χ4n) is 4.53. The molecule has 0 bridgehead atoms. The number of ether oxygens (including phenoxy) is 1. The van der Waals surface area contributed by atoms with Crippen molar-refractivity contribution in [2.24, 2.45) is 0 Å². The van der Waals surface area contributed by atoms with Crippen LogP contribution >= 0.6 is 0 Å². The van der Waals surface area contributed by atoms with Gasteiger partial charge in [0.25, 0.3) is 5.91 Å². The van der Waals surface area contributed by atoms with Crippen LogP contribution in [0.2, 0.25) is 0 Å². The molecule has 0 unspecified atom stereocenters. The van der Waals surface area contributed by atoms with E-state index in [1.54, 1.807) is 11.0 Å². The molecular weight excluding hydrogens is 428 g/mol. The number of benzene rings is 2. The summed E-state index contributed by atoms with van der Waals surface area (Å²) >= 11 is 0. The van der Waals surface area contributed by atoms with Gasteiger partial charge in [-0.2, -0.15) is 0 Å². The van der Waals surface area contributed by atoms with Gasteiger partial charge < -0.3 is 14.7 Å². The van der Waals surface area contributed by atoms with Crippen molar-refractivity contribution in [3.05, 3.63) is 88.7 Å². The molecule has 2 aromatic carbocycles. The normalized spacial score (nSPS) is 19.4. The molecule has 6 nitrogen and oxygen atoms in total. The van der Waals surface area contributed by atoms with Crippen molar-refractivity contribution in [2.75, 3.05) is 39.4 Å². The lowest BCUT2D eigenvalue weighted by Crippen LogP contribution is -2.39. The molecule has 0 saturated carbocycles. The number of ketones is 1. The van der Waals surface area contributed by atoms with E-state index >= 15 is 0 Å². The average Bonchev–Trinajstić information content (AvgIpc) is 3.14. The molecule has 2 aliphatic heterocycles. The lowest BCUT2D eigenvalue weighted by molar-refractivity contribution is -0.129. The van der Waals surface area contributed by atoms with Crippen molar-refractivity contribution in [3.63, 3.8) is 0 Å². The number of rotatable bonds is 9. The van der Waals surface area contributed by atoms with E-state index in [4.69, 9.17) is 4.74 Å². The molecule has 1 saturated heterocycles. The van der Waals surface area contributed by atoms with E-state index < -0.39 is 17.7 Å². The van der Waals surface area contributed by atoms with E-state index in [1.807, 2.05) is 54.6 Å². The number of carbonyl (C=O) groups is 2. The number of aliphatic hydroxyl groups excluding tert-OH is 1. The fraction of sp³-hybridized carbons (Fsp3) is 0.357. The van der Waals surface area contributed by atoms with E-state index in [0.717, 1.165) is 56.8 Å². The monoisotopic (exact) mass is 460 g/mol. The third-order valence-corrected chi connectivity index (χ3v) is 6.48. The van der Waals surface area contributed by atoms with E-state index in [-0.39, 0.29) is 11.4 Å². The number of hydrogen-bond donors (Lipinski definition) is 1. The van der Waals surface area contributed by atoms with E-state index in [2.05, 4.69) is 11.8 Å². The van der Waals surface area contributed by atoms with Crippen LogP contribution in [0.5, 0.6) is 0 Å². The van der Waals surface area contributed by atoms with Gasteiger partial charge in [0.15, 0.2) is 11.5 Å². The Kier molecular flexibility index (Phi) is 7.93. The van der Waals surface area contributed by atoms with Crippen molar-refractivity contribution in [2.45, 2.75) is 25.8 Å². The van der Waals surface area contributed by atoms with Gasteiger partial charge in [-0.25, -0.2) is 0 Å². The van der Waals surface area contributed by atoms with Crippen LogP contribution in [0.3, 0.4) is 0 Å². The van der Waals surface area contributed by atoms with Gasteiger partial charge in [-0.15, -0.1) is 0 Å². The molecule has 1 N–H and O–H groups in total. The standard InChI is InChI=1S/C28H32N2O4/c1-2-21-9-12-23(13-10-21)26-25(24(31)14-11-22-7-4-3-5-8-22)27(32)28(33)30(26)16-6-15-29-17-19-34-20-18-29/h3-5,7-14,26,32H,2,6,15-20H2,1H3/b14-11+/t26-/m1/s1. The first-order valence-electron chi connectivity index (χ1n) is 12.0. The molecule has 2 heterocycles. The van der Waals surface area contributed by atoms with Crippen LogP contribution in [0.15, 0.2) is 72.0 Å². The van der Waals surface area contributed by atoms with Crippen LogP contribution in [-0.4, -0.2) is 66.0 Å².